The van der Waals surface area contributed by atoms with Crippen molar-refractivity contribution in [2.45, 2.75) is 13.8 Å². The molecule has 7 heteroatoms. The number of benzene rings is 3. The van der Waals surface area contributed by atoms with Gasteiger partial charge in [-0.25, -0.2) is 4.79 Å². The van der Waals surface area contributed by atoms with Gasteiger partial charge >= 0.3 is 5.97 Å². The number of hydrogen-bond donors (Lipinski definition) is 2. The number of carbonyl (C=O) groups excluding carboxylic acids is 3. The first-order valence-corrected chi connectivity index (χ1v) is 10.0. The molecule has 2 N–H and O–H groups in total. The van der Waals surface area contributed by atoms with Gasteiger partial charge in [-0.1, -0.05) is 30.3 Å². The molecular formula is C24H24N2O5. The summed E-state index contributed by atoms with van der Waals surface area (Å²) in [5, 5.41) is 14.3. The second kappa shape index (κ2) is 9.75. The van der Waals surface area contributed by atoms with E-state index in [2.05, 4.69) is 5.32 Å². The Morgan fingerprint density at radius 2 is 1.61 bits per heavy atom. The minimum Gasteiger partial charge on any atom is -0.507 e. The molecule has 0 fully saturated rings. The van der Waals surface area contributed by atoms with Crippen molar-refractivity contribution in [3.63, 3.8) is 0 Å². The van der Waals surface area contributed by atoms with Crippen LogP contribution >= 0.6 is 0 Å². The summed E-state index contributed by atoms with van der Waals surface area (Å²) >= 11 is 0. The van der Waals surface area contributed by atoms with Gasteiger partial charge in [0.15, 0.2) is 6.61 Å². The molecule has 0 aromatic heterocycles. The largest absolute Gasteiger partial charge is 0.507 e. The summed E-state index contributed by atoms with van der Waals surface area (Å²) in [6.07, 6.45) is 0. The smallest absolute Gasteiger partial charge is 0.342 e. The average molecular weight is 420 g/mol. The Hall–Kier alpha value is -3.87. The van der Waals surface area contributed by atoms with E-state index in [-0.39, 0.29) is 17.2 Å². The molecule has 0 bridgehead atoms. The Bertz CT molecular complexity index is 1120. The number of rotatable bonds is 7. The number of amides is 2. The molecule has 3 rings (SSSR count). The van der Waals surface area contributed by atoms with Gasteiger partial charge in [-0.3, -0.25) is 9.59 Å². The highest BCUT2D eigenvalue weighted by Gasteiger charge is 2.17. The van der Waals surface area contributed by atoms with Gasteiger partial charge in [0.1, 0.15) is 11.3 Å². The van der Waals surface area contributed by atoms with Gasteiger partial charge in [0.05, 0.1) is 0 Å². The average Bonchev–Trinajstić information content (AvgIpc) is 2.78. The van der Waals surface area contributed by atoms with Gasteiger partial charge < -0.3 is 20.1 Å². The zero-order valence-electron chi connectivity index (χ0n) is 17.4. The van der Waals surface area contributed by atoms with Crippen LogP contribution in [-0.2, 0) is 9.53 Å². The van der Waals surface area contributed by atoms with Crippen LogP contribution in [0.5, 0.6) is 5.75 Å². The number of esters is 1. The van der Waals surface area contributed by atoms with Crippen molar-refractivity contribution < 1.29 is 24.2 Å². The first-order chi connectivity index (χ1) is 14.9. The van der Waals surface area contributed by atoms with Crippen LogP contribution in [0.4, 0.5) is 5.69 Å². The van der Waals surface area contributed by atoms with Crippen molar-refractivity contribution in [1.82, 2.24) is 4.90 Å². The molecular weight excluding hydrogens is 396 g/mol. The Morgan fingerprint density at radius 3 is 2.29 bits per heavy atom. The molecule has 0 heterocycles. The molecule has 160 valence electrons. The second-order valence-electron chi connectivity index (χ2n) is 6.90. The van der Waals surface area contributed by atoms with Crippen LogP contribution in [0.2, 0.25) is 0 Å². The van der Waals surface area contributed by atoms with Crippen molar-refractivity contribution in [1.29, 1.82) is 0 Å². The maximum atomic E-state index is 12.5. The molecule has 0 atom stereocenters. The van der Waals surface area contributed by atoms with E-state index in [1.54, 1.807) is 29.2 Å². The first kappa shape index (κ1) is 21.8. The van der Waals surface area contributed by atoms with E-state index in [9.17, 15) is 19.5 Å². The normalized spacial score (nSPS) is 10.5. The lowest BCUT2D eigenvalue weighted by Crippen LogP contribution is -2.30. The lowest BCUT2D eigenvalue weighted by atomic mass is 10.1. The van der Waals surface area contributed by atoms with Crippen molar-refractivity contribution in [3.8, 4) is 5.75 Å². The summed E-state index contributed by atoms with van der Waals surface area (Å²) < 4.78 is 5.06. The topological polar surface area (TPSA) is 95.9 Å². The lowest BCUT2D eigenvalue weighted by Gasteiger charge is -2.19. The molecule has 0 unspecified atom stereocenters. The molecule has 0 spiro atoms. The number of fused-ring (bicyclic) bond motifs is 1. The molecule has 0 aliphatic heterocycles. The third kappa shape index (κ3) is 5.19. The second-order valence-corrected chi connectivity index (χ2v) is 6.90. The van der Waals surface area contributed by atoms with E-state index in [0.29, 0.717) is 24.3 Å². The third-order valence-electron chi connectivity index (χ3n) is 4.86. The number of nitrogens with zero attached hydrogens (tertiary/aromatic N) is 1. The quantitative estimate of drug-likeness (QED) is 0.567. The Balaban J connectivity index is 1.63. The van der Waals surface area contributed by atoms with Crippen LogP contribution in [0.25, 0.3) is 10.8 Å². The van der Waals surface area contributed by atoms with Crippen molar-refractivity contribution >= 4 is 34.2 Å². The van der Waals surface area contributed by atoms with E-state index in [1.807, 2.05) is 38.1 Å². The zero-order valence-corrected chi connectivity index (χ0v) is 17.4. The molecule has 3 aromatic carbocycles. The maximum Gasteiger partial charge on any atom is 0.342 e. The number of hydrogen-bond acceptors (Lipinski definition) is 5. The zero-order chi connectivity index (χ0) is 22.4. The van der Waals surface area contributed by atoms with Crippen LogP contribution in [0.15, 0.2) is 60.7 Å². The molecule has 31 heavy (non-hydrogen) atoms. The Labute approximate surface area is 180 Å². The number of carbonyl (C=O) groups is 3. The first-order valence-electron chi connectivity index (χ1n) is 10.0. The highest BCUT2D eigenvalue weighted by atomic mass is 16.5. The minimum absolute atomic E-state index is 0.0154. The third-order valence-corrected chi connectivity index (χ3v) is 4.86. The molecule has 0 radical (unpaired) electrons. The van der Waals surface area contributed by atoms with E-state index < -0.39 is 18.5 Å². The summed E-state index contributed by atoms with van der Waals surface area (Å²) in [7, 11) is 0. The molecule has 2 amide bonds. The van der Waals surface area contributed by atoms with Crippen LogP contribution < -0.4 is 5.32 Å². The maximum absolute atomic E-state index is 12.5. The number of aromatic hydroxyl groups is 1. The van der Waals surface area contributed by atoms with Gasteiger partial charge in [-0.05, 0) is 55.0 Å². The summed E-state index contributed by atoms with van der Waals surface area (Å²) in [4.78, 5) is 38.7. The highest BCUT2D eigenvalue weighted by molar-refractivity contribution is 6.01. The molecule has 7 nitrogen and oxygen atoms in total. The number of anilines is 1. The van der Waals surface area contributed by atoms with E-state index in [1.165, 1.54) is 12.1 Å². The lowest BCUT2D eigenvalue weighted by molar-refractivity contribution is -0.119. The van der Waals surface area contributed by atoms with Crippen LogP contribution in [0.1, 0.15) is 34.6 Å². The summed E-state index contributed by atoms with van der Waals surface area (Å²) in [6, 6.07) is 16.8. The molecule has 0 aliphatic rings. The molecule has 0 aliphatic carbocycles. The van der Waals surface area contributed by atoms with Crippen LogP contribution in [-0.4, -0.2) is 47.5 Å². The number of nitrogens with one attached hydrogen (secondary N) is 1. The Morgan fingerprint density at radius 1 is 0.935 bits per heavy atom. The van der Waals surface area contributed by atoms with Gasteiger partial charge in [0.25, 0.3) is 11.8 Å². The van der Waals surface area contributed by atoms with Crippen molar-refractivity contribution in [2.75, 3.05) is 25.0 Å². The molecule has 3 aromatic rings. The number of phenols is 1. The number of phenolic OH excluding ortho intramolecular Hbond substituents is 1. The van der Waals surface area contributed by atoms with Gasteiger partial charge in [-0.15, -0.1) is 0 Å². The van der Waals surface area contributed by atoms with Gasteiger partial charge in [-0.2, -0.15) is 0 Å². The van der Waals surface area contributed by atoms with E-state index in [0.717, 1.165) is 10.8 Å². The Kier molecular flexibility index (Phi) is 6.87. The fourth-order valence-electron chi connectivity index (χ4n) is 3.22. The summed E-state index contributed by atoms with van der Waals surface area (Å²) in [5.74, 6) is -1.70. The van der Waals surface area contributed by atoms with Crippen molar-refractivity contribution in [2.24, 2.45) is 0 Å². The van der Waals surface area contributed by atoms with Gasteiger partial charge in [0, 0.05) is 24.3 Å². The van der Waals surface area contributed by atoms with Crippen LogP contribution in [0.3, 0.4) is 0 Å². The van der Waals surface area contributed by atoms with E-state index >= 15 is 0 Å². The highest BCUT2D eigenvalue weighted by Crippen LogP contribution is 2.25. The summed E-state index contributed by atoms with van der Waals surface area (Å²) in [6.45, 7) is 4.44. The monoisotopic (exact) mass is 420 g/mol. The molecule has 0 saturated heterocycles. The van der Waals surface area contributed by atoms with E-state index in [4.69, 9.17) is 4.74 Å². The minimum atomic E-state index is -0.802. The van der Waals surface area contributed by atoms with Crippen molar-refractivity contribution in [3.05, 3.63) is 71.8 Å². The fourth-order valence-corrected chi connectivity index (χ4v) is 3.22. The predicted octanol–water partition coefficient (Wildman–Crippen LogP) is 3.82. The van der Waals surface area contributed by atoms with Crippen LogP contribution in [0, 0.1) is 0 Å². The fraction of sp³-hybridized carbons (Fsp3) is 0.208. The standard InChI is InChI=1S/C24H24N2O5/c1-3-26(4-2)23(29)18-10-7-11-19(12-18)25-22(28)15-31-24(30)20-13-16-8-5-6-9-17(16)14-21(20)27/h5-14,27H,3-4,15H2,1-2H3,(H,25,28). The summed E-state index contributed by atoms with van der Waals surface area (Å²) in [5.41, 5.74) is 0.866. The van der Waals surface area contributed by atoms with Gasteiger partial charge in [0.2, 0.25) is 0 Å². The SMILES string of the molecule is CCN(CC)C(=O)c1cccc(NC(=O)COC(=O)c2cc3ccccc3cc2O)c1. The predicted molar refractivity (Wildman–Crippen MR) is 118 cm³/mol. The molecule has 0 saturated carbocycles. The number of ether oxygens (including phenoxy) is 1.